The molecule has 1 rings (SSSR count). The van der Waals surface area contributed by atoms with Crippen LogP contribution in [0.15, 0.2) is 0 Å². The Balaban J connectivity index is 2.30. The molecule has 1 atom stereocenters. The maximum atomic E-state index is 11.9. The largest absolute Gasteiger partial charge is 0.343 e. The van der Waals surface area contributed by atoms with E-state index in [-0.39, 0.29) is 0 Å². The number of hydrogen-bond acceptors (Lipinski definition) is 2. The molecule has 0 spiro atoms. The molecular weight excluding hydrogens is 188 g/mol. The van der Waals surface area contributed by atoms with Gasteiger partial charge in [0.25, 0.3) is 0 Å². The summed E-state index contributed by atoms with van der Waals surface area (Å²) >= 11 is 0. The zero-order chi connectivity index (χ0) is 11.3. The van der Waals surface area contributed by atoms with Gasteiger partial charge in [-0.25, -0.2) is 0 Å². The molecule has 88 valence electrons. The third-order valence-electron chi connectivity index (χ3n) is 3.52. The first-order valence-electron chi connectivity index (χ1n) is 6.15. The molecule has 2 N–H and O–H groups in total. The Labute approximate surface area is 93.0 Å². The minimum atomic E-state index is 0.333. The fourth-order valence-corrected chi connectivity index (χ4v) is 1.99. The molecule has 0 aliphatic carbocycles. The Morgan fingerprint density at radius 2 is 2.07 bits per heavy atom. The lowest BCUT2D eigenvalue weighted by Crippen LogP contribution is -2.40. The van der Waals surface area contributed by atoms with Crippen molar-refractivity contribution in [3.05, 3.63) is 0 Å². The summed E-state index contributed by atoms with van der Waals surface area (Å²) in [6.07, 6.45) is 3.97. The summed E-state index contributed by atoms with van der Waals surface area (Å²) in [5, 5.41) is 0. The van der Waals surface area contributed by atoms with Gasteiger partial charge in [-0.15, -0.1) is 0 Å². The van der Waals surface area contributed by atoms with Gasteiger partial charge in [-0.3, -0.25) is 4.79 Å². The highest BCUT2D eigenvalue weighted by Crippen LogP contribution is 2.18. The molecule has 1 heterocycles. The zero-order valence-corrected chi connectivity index (χ0v) is 10.0. The number of piperidine rings is 1. The molecule has 3 nitrogen and oxygen atoms in total. The van der Waals surface area contributed by atoms with Gasteiger partial charge in [0, 0.05) is 19.5 Å². The maximum Gasteiger partial charge on any atom is 0.222 e. The molecule has 0 aromatic heterocycles. The van der Waals surface area contributed by atoms with E-state index in [1.807, 2.05) is 4.90 Å². The molecule has 0 radical (unpaired) electrons. The number of carbonyl (C=O) groups is 1. The molecule has 1 aliphatic rings. The zero-order valence-electron chi connectivity index (χ0n) is 10.0. The summed E-state index contributed by atoms with van der Waals surface area (Å²) in [4.78, 5) is 13.9. The van der Waals surface area contributed by atoms with Gasteiger partial charge < -0.3 is 10.6 Å². The third kappa shape index (κ3) is 3.82. The SMILES string of the molecule is CC[C@H](C)CC(=O)N1CCC(CN)CC1. The standard InChI is InChI=1S/C12H24N2O/c1-3-10(2)8-12(15)14-6-4-11(9-13)5-7-14/h10-11H,3-9,13H2,1-2H3/t10-/m0/s1. The van der Waals surface area contributed by atoms with Crippen molar-refractivity contribution in [2.45, 2.75) is 39.5 Å². The number of carbonyl (C=O) groups excluding carboxylic acids is 1. The summed E-state index contributed by atoms with van der Waals surface area (Å²) in [5.74, 6) is 1.49. The first-order valence-corrected chi connectivity index (χ1v) is 6.15. The second kappa shape index (κ2) is 6.11. The van der Waals surface area contributed by atoms with Crippen LogP contribution >= 0.6 is 0 Å². The van der Waals surface area contributed by atoms with Gasteiger partial charge in [0.1, 0.15) is 0 Å². The van der Waals surface area contributed by atoms with E-state index in [1.165, 1.54) is 0 Å². The first kappa shape index (κ1) is 12.5. The third-order valence-corrected chi connectivity index (χ3v) is 3.52. The molecule has 0 aromatic rings. The van der Waals surface area contributed by atoms with E-state index in [2.05, 4.69) is 13.8 Å². The van der Waals surface area contributed by atoms with Gasteiger partial charge >= 0.3 is 0 Å². The van der Waals surface area contributed by atoms with Crippen LogP contribution in [-0.4, -0.2) is 30.4 Å². The highest BCUT2D eigenvalue weighted by Gasteiger charge is 2.22. The molecule has 3 heteroatoms. The van der Waals surface area contributed by atoms with Crippen LogP contribution in [0.2, 0.25) is 0 Å². The highest BCUT2D eigenvalue weighted by atomic mass is 16.2. The van der Waals surface area contributed by atoms with E-state index in [9.17, 15) is 4.79 Å². The lowest BCUT2D eigenvalue weighted by molar-refractivity contribution is -0.133. The summed E-state index contributed by atoms with van der Waals surface area (Å²) in [7, 11) is 0. The van der Waals surface area contributed by atoms with Crippen LogP contribution in [0.3, 0.4) is 0 Å². The van der Waals surface area contributed by atoms with Gasteiger partial charge in [0.15, 0.2) is 0 Å². The molecule has 0 unspecified atom stereocenters. The predicted molar refractivity (Wildman–Crippen MR) is 62.4 cm³/mol. The van der Waals surface area contributed by atoms with Crippen molar-refractivity contribution in [3.8, 4) is 0 Å². The van der Waals surface area contributed by atoms with Crippen molar-refractivity contribution >= 4 is 5.91 Å². The van der Waals surface area contributed by atoms with Gasteiger partial charge in [-0.05, 0) is 31.2 Å². The smallest absolute Gasteiger partial charge is 0.222 e. The van der Waals surface area contributed by atoms with Crippen LogP contribution < -0.4 is 5.73 Å². The Morgan fingerprint density at radius 3 is 2.53 bits per heavy atom. The van der Waals surface area contributed by atoms with Gasteiger partial charge in [-0.2, -0.15) is 0 Å². The monoisotopic (exact) mass is 212 g/mol. The Morgan fingerprint density at radius 1 is 1.47 bits per heavy atom. The second-order valence-corrected chi connectivity index (χ2v) is 4.78. The Hall–Kier alpha value is -0.570. The van der Waals surface area contributed by atoms with Crippen LogP contribution in [0, 0.1) is 11.8 Å². The van der Waals surface area contributed by atoms with E-state index in [0.717, 1.165) is 38.9 Å². The highest BCUT2D eigenvalue weighted by molar-refractivity contribution is 5.76. The summed E-state index contributed by atoms with van der Waals surface area (Å²) in [5.41, 5.74) is 5.62. The number of amides is 1. The Kier molecular flexibility index (Phi) is 5.09. The lowest BCUT2D eigenvalue weighted by Gasteiger charge is -2.32. The normalized spacial score (nSPS) is 20.3. The summed E-state index contributed by atoms with van der Waals surface area (Å²) in [6.45, 7) is 6.88. The molecule has 1 aliphatic heterocycles. The number of likely N-dealkylation sites (tertiary alicyclic amines) is 1. The molecule has 15 heavy (non-hydrogen) atoms. The van der Waals surface area contributed by atoms with E-state index in [0.29, 0.717) is 24.2 Å². The van der Waals surface area contributed by atoms with Gasteiger partial charge in [0.05, 0.1) is 0 Å². The second-order valence-electron chi connectivity index (χ2n) is 4.78. The lowest BCUT2D eigenvalue weighted by atomic mass is 9.96. The van der Waals surface area contributed by atoms with Crippen molar-refractivity contribution < 1.29 is 4.79 Å². The molecule has 1 amide bonds. The summed E-state index contributed by atoms with van der Waals surface area (Å²) < 4.78 is 0. The van der Waals surface area contributed by atoms with Crippen LogP contribution in [0.1, 0.15) is 39.5 Å². The quantitative estimate of drug-likeness (QED) is 0.769. The maximum absolute atomic E-state index is 11.9. The van der Waals surface area contributed by atoms with Crippen LogP contribution in [0.25, 0.3) is 0 Å². The van der Waals surface area contributed by atoms with Crippen molar-refractivity contribution in [2.24, 2.45) is 17.6 Å². The number of nitrogens with zero attached hydrogens (tertiary/aromatic N) is 1. The van der Waals surface area contributed by atoms with Crippen LogP contribution in [-0.2, 0) is 4.79 Å². The topological polar surface area (TPSA) is 46.3 Å². The fourth-order valence-electron chi connectivity index (χ4n) is 1.99. The van der Waals surface area contributed by atoms with E-state index >= 15 is 0 Å². The first-order chi connectivity index (χ1) is 7.17. The average Bonchev–Trinajstić information content (AvgIpc) is 2.29. The average molecular weight is 212 g/mol. The van der Waals surface area contributed by atoms with Crippen molar-refractivity contribution in [1.82, 2.24) is 4.90 Å². The molecule has 1 saturated heterocycles. The van der Waals surface area contributed by atoms with Crippen molar-refractivity contribution in [3.63, 3.8) is 0 Å². The van der Waals surface area contributed by atoms with E-state index in [4.69, 9.17) is 5.73 Å². The molecular formula is C12H24N2O. The number of rotatable bonds is 4. The van der Waals surface area contributed by atoms with Crippen LogP contribution in [0.5, 0.6) is 0 Å². The number of hydrogen-bond donors (Lipinski definition) is 1. The summed E-state index contributed by atoms with van der Waals surface area (Å²) in [6, 6.07) is 0. The number of nitrogens with two attached hydrogens (primary N) is 1. The molecule has 0 aromatic carbocycles. The Bertz CT molecular complexity index is 198. The molecule has 0 saturated carbocycles. The molecule has 1 fully saturated rings. The van der Waals surface area contributed by atoms with E-state index < -0.39 is 0 Å². The predicted octanol–water partition coefficient (Wildman–Crippen LogP) is 1.62. The van der Waals surface area contributed by atoms with Crippen molar-refractivity contribution in [1.29, 1.82) is 0 Å². The van der Waals surface area contributed by atoms with Gasteiger partial charge in [-0.1, -0.05) is 20.3 Å². The fraction of sp³-hybridized carbons (Fsp3) is 0.917. The minimum absolute atomic E-state index is 0.333. The van der Waals surface area contributed by atoms with E-state index in [1.54, 1.807) is 0 Å². The van der Waals surface area contributed by atoms with Crippen LogP contribution in [0.4, 0.5) is 0 Å². The van der Waals surface area contributed by atoms with Gasteiger partial charge in [0.2, 0.25) is 5.91 Å². The molecule has 0 bridgehead atoms. The minimum Gasteiger partial charge on any atom is -0.343 e. The van der Waals surface area contributed by atoms with Crippen molar-refractivity contribution in [2.75, 3.05) is 19.6 Å².